The van der Waals surface area contributed by atoms with Crippen LogP contribution >= 0.6 is 0 Å². The van der Waals surface area contributed by atoms with Gasteiger partial charge in [0, 0.05) is 12.5 Å². The molecule has 2 heteroatoms. The van der Waals surface area contributed by atoms with Crippen LogP contribution in [-0.4, -0.2) is 30.3 Å². The number of carbonyl (C=O) groups is 1. The summed E-state index contributed by atoms with van der Waals surface area (Å²) in [5.74, 6) is 0.679. The van der Waals surface area contributed by atoms with Crippen LogP contribution < -0.4 is 0 Å². The number of ketones is 1. The number of nitrogens with zero attached hydrogens (tertiary/aromatic N) is 1. The maximum atomic E-state index is 11.3. The highest BCUT2D eigenvalue weighted by molar-refractivity contribution is 5.78. The van der Waals surface area contributed by atoms with Crippen LogP contribution in [0.25, 0.3) is 0 Å². The van der Waals surface area contributed by atoms with E-state index in [9.17, 15) is 4.79 Å². The summed E-state index contributed by atoms with van der Waals surface area (Å²) in [5.41, 5.74) is 1.40. The monoisotopic (exact) mass is 235 g/mol. The molecule has 0 unspecified atom stereocenters. The number of likely N-dealkylation sites (tertiary alicyclic amines) is 1. The van der Waals surface area contributed by atoms with E-state index in [4.69, 9.17) is 0 Å². The van der Waals surface area contributed by atoms with E-state index in [-0.39, 0.29) is 0 Å². The van der Waals surface area contributed by atoms with Crippen LogP contribution in [-0.2, 0) is 4.79 Å². The van der Waals surface area contributed by atoms with Gasteiger partial charge in [0.15, 0.2) is 0 Å². The summed E-state index contributed by atoms with van der Waals surface area (Å²) in [5, 5.41) is 0. The van der Waals surface area contributed by atoms with Gasteiger partial charge in [0.2, 0.25) is 0 Å². The van der Waals surface area contributed by atoms with Crippen molar-refractivity contribution >= 4 is 5.78 Å². The van der Waals surface area contributed by atoms with E-state index in [0.717, 1.165) is 38.9 Å². The largest absolute Gasteiger partial charge is 0.300 e. The van der Waals surface area contributed by atoms with Crippen LogP contribution in [0.1, 0.15) is 40.0 Å². The maximum absolute atomic E-state index is 11.3. The van der Waals surface area contributed by atoms with Crippen molar-refractivity contribution in [2.24, 2.45) is 5.92 Å². The third-order valence-corrected chi connectivity index (χ3v) is 3.39. The number of allylic oxidation sites excluding steroid dienone is 3. The second-order valence-corrected chi connectivity index (χ2v) is 5.01. The van der Waals surface area contributed by atoms with E-state index in [1.165, 1.54) is 5.57 Å². The Balaban J connectivity index is 2.32. The highest BCUT2D eigenvalue weighted by Gasteiger charge is 2.21. The fourth-order valence-electron chi connectivity index (χ4n) is 2.27. The molecule has 1 heterocycles. The van der Waals surface area contributed by atoms with Gasteiger partial charge in [-0.2, -0.15) is 0 Å². The summed E-state index contributed by atoms with van der Waals surface area (Å²) in [6.45, 7) is 9.21. The van der Waals surface area contributed by atoms with Crippen molar-refractivity contribution in [1.29, 1.82) is 0 Å². The first-order chi connectivity index (χ1) is 8.13. The van der Waals surface area contributed by atoms with E-state index >= 15 is 0 Å². The average molecular weight is 235 g/mol. The van der Waals surface area contributed by atoms with Gasteiger partial charge in [0.05, 0.1) is 0 Å². The van der Waals surface area contributed by atoms with Crippen LogP contribution in [0.3, 0.4) is 0 Å². The molecule has 1 aliphatic rings. The summed E-state index contributed by atoms with van der Waals surface area (Å²) >= 11 is 0. The predicted molar refractivity (Wildman–Crippen MR) is 73.0 cm³/mol. The lowest BCUT2D eigenvalue weighted by molar-refractivity contribution is -0.122. The standard InChI is InChI=1S/C15H25NO/c1-4-5-6-7-13(2)12-16-10-8-15(9-11-16)14(3)17/h5-7,15H,4,8-12H2,1-3H3/b6-5-,13-7+. The molecule has 2 nitrogen and oxygen atoms in total. The molecule has 0 spiro atoms. The predicted octanol–water partition coefficient (Wildman–Crippen LogP) is 3.20. The summed E-state index contributed by atoms with van der Waals surface area (Å²) in [6, 6.07) is 0. The van der Waals surface area contributed by atoms with Crippen molar-refractivity contribution in [1.82, 2.24) is 4.90 Å². The van der Waals surface area contributed by atoms with Gasteiger partial charge in [-0.1, -0.05) is 30.7 Å². The maximum Gasteiger partial charge on any atom is 0.133 e. The van der Waals surface area contributed by atoms with Crippen LogP contribution in [0.15, 0.2) is 23.8 Å². The van der Waals surface area contributed by atoms with Gasteiger partial charge in [-0.3, -0.25) is 9.69 Å². The molecule has 1 saturated heterocycles. The van der Waals surface area contributed by atoms with Crippen molar-refractivity contribution < 1.29 is 4.79 Å². The smallest absolute Gasteiger partial charge is 0.133 e. The van der Waals surface area contributed by atoms with Crippen LogP contribution in [0.4, 0.5) is 0 Å². The van der Waals surface area contributed by atoms with Crippen molar-refractivity contribution in [2.45, 2.75) is 40.0 Å². The number of rotatable bonds is 5. The van der Waals surface area contributed by atoms with Gasteiger partial charge in [0.25, 0.3) is 0 Å². The Morgan fingerprint density at radius 2 is 1.94 bits per heavy atom. The lowest BCUT2D eigenvalue weighted by atomic mass is 9.93. The Kier molecular flexibility index (Phi) is 6.20. The second kappa shape index (κ2) is 7.44. The topological polar surface area (TPSA) is 20.3 Å². The molecule has 0 atom stereocenters. The molecule has 1 fully saturated rings. The first-order valence-electron chi connectivity index (χ1n) is 6.68. The Hall–Kier alpha value is -0.890. The molecule has 0 radical (unpaired) electrons. The van der Waals surface area contributed by atoms with Crippen molar-refractivity contribution in [3.8, 4) is 0 Å². The highest BCUT2D eigenvalue weighted by Crippen LogP contribution is 2.18. The van der Waals surface area contributed by atoms with Gasteiger partial charge < -0.3 is 0 Å². The third-order valence-electron chi connectivity index (χ3n) is 3.39. The van der Waals surface area contributed by atoms with Gasteiger partial charge in [-0.15, -0.1) is 0 Å². The molecule has 0 N–H and O–H groups in total. The zero-order valence-corrected chi connectivity index (χ0v) is 11.4. The average Bonchev–Trinajstić information content (AvgIpc) is 2.30. The minimum atomic E-state index is 0.315. The summed E-state index contributed by atoms with van der Waals surface area (Å²) < 4.78 is 0. The first kappa shape index (κ1) is 14.2. The number of hydrogen-bond acceptors (Lipinski definition) is 2. The molecular formula is C15H25NO. The minimum Gasteiger partial charge on any atom is -0.300 e. The summed E-state index contributed by atoms with van der Waals surface area (Å²) in [7, 11) is 0. The van der Waals surface area contributed by atoms with Gasteiger partial charge in [0.1, 0.15) is 5.78 Å². The fourth-order valence-corrected chi connectivity index (χ4v) is 2.27. The molecule has 0 aromatic carbocycles. The van der Waals surface area contributed by atoms with Crippen molar-refractivity contribution in [2.75, 3.05) is 19.6 Å². The minimum absolute atomic E-state index is 0.315. The summed E-state index contributed by atoms with van der Waals surface area (Å²) in [6.07, 6.45) is 9.66. The molecule has 0 saturated carbocycles. The molecule has 0 aromatic rings. The van der Waals surface area contributed by atoms with E-state index < -0.39 is 0 Å². The lowest BCUT2D eigenvalue weighted by Gasteiger charge is -2.30. The lowest BCUT2D eigenvalue weighted by Crippen LogP contribution is -2.36. The zero-order valence-electron chi connectivity index (χ0n) is 11.4. The Labute approximate surface area is 105 Å². The quantitative estimate of drug-likeness (QED) is 0.682. The zero-order chi connectivity index (χ0) is 12.7. The van der Waals surface area contributed by atoms with E-state index in [2.05, 4.69) is 37.0 Å². The SMILES string of the molecule is CC/C=C\C=C(/C)CN1CCC(C(C)=O)CC1. The van der Waals surface area contributed by atoms with E-state index in [0.29, 0.717) is 11.7 Å². The molecule has 96 valence electrons. The number of hydrogen-bond donors (Lipinski definition) is 0. The molecule has 0 amide bonds. The molecule has 0 aromatic heterocycles. The second-order valence-electron chi connectivity index (χ2n) is 5.01. The highest BCUT2D eigenvalue weighted by atomic mass is 16.1. The normalized spacial score (nSPS) is 20.1. The van der Waals surface area contributed by atoms with Crippen molar-refractivity contribution in [3.63, 3.8) is 0 Å². The molecule has 0 aliphatic carbocycles. The van der Waals surface area contributed by atoms with Gasteiger partial charge in [-0.05, 0) is 46.2 Å². The Morgan fingerprint density at radius 1 is 1.29 bits per heavy atom. The van der Waals surface area contributed by atoms with Crippen molar-refractivity contribution in [3.05, 3.63) is 23.8 Å². The first-order valence-corrected chi connectivity index (χ1v) is 6.68. The molecule has 0 bridgehead atoms. The van der Waals surface area contributed by atoms with Gasteiger partial charge in [-0.25, -0.2) is 0 Å². The third kappa shape index (κ3) is 5.31. The molecular weight excluding hydrogens is 210 g/mol. The number of piperidine rings is 1. The number of Topliss-reactive ketones (excluding diaryl/α,β-unsaturated/α-hetero) is 1. The van der Waals surface area contributed by atoms with Crippen LogP contribution in [0, 0.1) is 5.92 Å². The Bertz CT molecular complexity index is 296. The van der Waals surface area contributed by atoms with E-state index in [1.54, 1.807) is 6.92 Å². The van der Waals surface area contributed by atoms with Gasteiger partial charge >= 0.3 is 0 Å². The van der Waals surface area contributed by atoms with E-state index in [1.807, 2.05) is 0 Å². The van der Waals surface area contributed by atoms with Crippen LogP contribution in [0.5, 0.6) is 0 Å². The molecule has 1 rings (SSSR count). The molecule has 17 heavy (non-hydrogen) atoms. The Morgan fingerprint density at radius 3 is 2.47 bits per heavy atom. The fraction of sp³-hybridized carbons (Fsp3) is 0.667. The summed E-state index contributed by atoms with van der Waals surface area (Å²) in [4.78, 5) is 13.7. The number of carbonyl (C=O) groups excluding carboxylic acids is 1. The van der Waals surface area contributed by atoms with Crippen LogP contribution in [0.2, 0.25) is 0 Å². The molecule has 1 aliphatic heterocycles.